The van der Waals surface area contributed by atoms with Gasteiger partial charge in [0.05, 0.1) is 13.2 Å². The molecule has 0 bridgehead atoms. The van der Waals surface area contributed by atoms with Crippen LogP contribution in [0.5, 0.6) is 5.75 Å². The number of rotatable bonds is 5. The van der Waals surface area contributed by atoms with Crippen LogP contribution in [0, 0.1) is 0 Å². The van der Waals surface area contributed by atoms with Crippen molar-refractivity contribution in [2.24, 2.45) is 0 Å². The monoisotopic (exact) mass is 329 g/mol. The van der Waals surface area contributed by atoms with Crippen molar-refractivity contribution in [1.29, 1.82) is 0 Å². The molecule has 24 heavy (non-hydrogen) atoms. The zero-order valence-electron chi connectivity index (χ0n) is 14.1. The number of methoxy groups -OCH3 is 1. The van der Waals surface area contributed by atoms with Crippen molar-refractivity contribution in [3.05, 3.63) is 48.3 Å². The molecule has 0 saturated carbocycles. The van der Waals surface area contributed by atoms with Crippen LogP contribution in [0.1, 0.15) is 25.3 Å². The zero-order valence-corrected chi connectivity index (χ0v) is 14.1. The SMILES string of the molecule is COc1ccc([C@](C)(O)[C@@H]2CCCN2C(=O)Cn2cccn2)cc1. The normalized spacial score (nSPS) is 20.0. The summed E-state index contributed by atoms with van der Waals surface area (Å²) in [5, 5.41) is 15.2. The highest BCUT2D eigenvalue weighted by Crippen LogP contribution is 2.35. The summed E-state index contributed by atoms with van der Waals surface area (Å²) in [6, 6.07) is 8.92. The van der Waals surface area contributed by atoms with Gasteiger partial charge in [0.15, 0.2) is 0 Å². The Morgan fingerprint density at radius 1 is 1.42 bits per heavy atom. The van der Waals surface area contributed by atoms with Crippen molar-refractivity contribution < 1.29 is 14.6 Å². The fourth-order valence-electron chi connectivity index (χ4n) is 3.39. The highest BCUT2D eigenvalue weighted by Gasteiger charge is 2.42. The van der Waals surface area contributed by atoms with Gasteiger partial charge in [-0.25, -0.2) is 0 Å². The van der Waals surface area contributed by atoms with Crippen LogP contribution in [0.3, 0.4) is 0 Å². The first-order chi connectivity index (χ1) is 11.5. The number of benzene rings is 1. The molecule has 128 valence electrons. The molecule has 1 aliphatic heterocycles. The van der Waals surface area contributed by atoms with Crippen molar-refractivity contribution in [2.75, 3.05) is 13.7 Å². The van der Waals surface area contributed by atoms with E-state index in [2.05, 4.69) is 5.10 Å². The Hall–Kier alpha value is -2.34. The van der Waals surface area contributed by atoms with E-state index in [0.717, 1.165) is 24.2 Å². The van der Waals surface area contributed by atoms with Crippen LogP contribution < -0.4 is 4.74 Å². The number of ether oxygens (including phenoxy) is 1. The number of carbonyl (C=O) groups excluding carboxylic acids is 1. The molecule has 2 heterocycles. The predicted molar refractivity (Wildman–Crippen MR) is 89.5 cm³/mol. The predicted octanol–water partition coefficient (Wildman–Crippen LogP) is 1.79. The number of hydrogen-bond acceptors (Lipinski definition) is 4. The summed E-state index contributed by atoms with van der Waals surface area (Å²) in [6.07, 6.45) is 5.10. The van der Waals surface area contributed by atoms with Gasteiger partial charge in [-0.2, -0.15) is 5.10 Å². The number of hydrogen-bond donors (Lipinski definition) is 1. The molecule has 2 aromatic rings. The topological polar surface area (TPSA) is 67.6 Å². The number of likely N-dealkylation sites (tertiary alicyclic amines) is 1. The van der Waals surface area contributed by atoms with Crippen molar-refractivity contribution in [3.63, 3.8) is 0 Å². The van der Waals surface area contributed by atoms with E-state index in [4.69, 9.17) is 4.74 Å². The third-order valence-electron chi connectivity index (χ3n) is 4.75. The van der Waals surface area contributed by atoms with Gasteiger partial charge in [0.25, 0.3) is 0 Å². The summed E-state index contributed by atoms with van der Waals surface area (Å²) in [6.45, 7) is 2.64. The maximum atomic E-state index is 12.6. The average Bonchev–Trinajstić information content (AvgIpc) is 3.26. The van der Waals surface area contributed by atoms with Crippen LogP contribution >= 0.6 is 0 Å². The number of amides is 1. The first kappa shape index (κ1) is 16.5. The largest absolute Gasteiger partial charge is 0.497 e. The Morgan fingerprint density at radius 3 is 2.79 bits per heavy atom. The van der Waals surface area contributed by atoms with Crippen molar-refractivity contribution in [1.82, 2.24) is 14.7 Å². The zero-order chi connectivity index (χ0) is 17.2. The molecular weight excluding hydrogens is 306 g/mol. The Kier molecular flexibility index (Phi) is 4.57. The fourth-order valence-corrected chi connectivity index (χ4v) is 3.39. The molecule has 0 unspecified atom stereocenters. The molecule has 1 aromatic heterocycles. The first-order valence-electron chi connectivity index (χ1n) is 8.16. The molecule has 6 nitrogen and oxygen atoms in total. The van der Waals surface area contributed by atoms with Gasteiger partial charge in [0.1, 0.15) is 17.9 Å². The third-order valence-corrected chi connectivity index (χ3v) is 4.75. The highest BCUT2D eigenvalue weighted by molar-refractivity contribution is 5.76. The van der Waals surface area contributed by atoms with Gasteiger partial charge in [0.2, 0.25) is 5.91 Å². The van der Waals surface area contributed by atoms with E-state index in [9.17, 15) is 9.90 Å². The molecule has 1 fully saturated rings. The number of aromatic nitrogens is 2. The molecule has 1 amide bonds. The van der Waals surface area contributed by atoms with E-state index in [1.807, 2.05) is 24.3 Å². The molecule has 0 spiro atoms. The Labute approximate surface area is 141 Å². The lowest BCUT2D eigenvalue weighted by atomic mass is 9.86. The van der Waals surface area contributed by atoms with E-state index in [1.54, 1.807) is 42.1 Å². The van der Waals surface area contributed by atoms with E-state index in [0.29, 0.717) is 6.54 Å². The Bertz CT molecular complexity index is 680. The molecule has 0 aliphatic carbocycles. The van der Waals surface area contributed by atoms with E-state index in [1.165, 1.54) is 0 Å². The molecule has 1 aliphatic rings. The number of nitrogens with zero attached hydrogens (tertiary/aromatic N) is 3. The third kappa shape index (κ3) is 3.14. The van der Waals surface area contributed by atoms with Gasteiger partial charge in [-0.1, -0.05) is 12.1 Å². The molecule has 1 N–H and O–H groups in total. The minimum absolute atomic E-state index is 0.0185. The summed E-state index contributed by atoms with van der Waals surface area (Å²) in [5.74, 6) is 0.725. The molecular formula is C18H23N3O3. The van der Waals surface area contributed by atoms with Gasteiger partial charge in [-0.15, -0.1) is 0 Å². The van der Waals surface area contributed by atoms with Crippen LogP contribution in [0.15, 0.2) is 42.7 Å². The van der Waals surface area contributed by atoms with Gasteiger partial charge >= 0.3 is 0 Å². The first-order valence-corrected chi connectivity index (χ1v) is 8.16. The molecule has 3 rings (SSSR count). The number of aliphatic hydroxyl groups is 1. The molecule has 1 saturated heterocycles. The van der Waals surface area contributed by atoms with E-state index in [-0.39, 0.29) is 18.5 Å². The molecule has 0 radical (unpaired) electrons. The van der Waals surface area contributed by atoms with Crippen LogP contribution in [0.2, 0.25) is 0 Å². The maximum absolute atomic E-state index is 12.6. The standard InChI is InChI=1S/C18H23N3O3/c1-18(23,14-6-8-15(24-2)9-7-14)16-5-3-12-21(16)17(22)13-20-11-4-10-19-20/h4,6-11,16,23H,3,5,12-13H2,1-2H3/t16-,18-/m0/s1. The lowest BCUT2D eigenvalue weighted by Gasteiger charge is -2.37. The van der Waals surface area contributed by atoms with Gasteiger partial charge in [0, 0.05) is 18.9 Å². The molecule has 2 atom stereocenters. The van der Waals surface area contributed by atoms with Crippen LogP contribution in [0.4, 0.5) is 0 Å². The summed E-state index contributed by atoms with van der Waals surface area (Å²) in [5.41, 5.74) is -0.324. The lowest BCUT2D eigenvalue weighted by Crippen LogP contribution is -2.49. The van der Waals surface area contributed by atoms with E-state index < -0.39 is 5.60 Å². The summed E-state index contributed by atoms with van der Waals surface area (Å²) < 4.78 is 6.78. The van der Waals surface area contributed by atoms with Crippen LogP contribution in [0.25, 0.3) is 0 Å². The summed E-state index contributed by atoms with van der Waals surface area (Å²) in [4.78, 5) is 14.4. The van der Waals surface area contributed by atoms with E-state index >= 15 is 0 Å². The highest BCUT2D eigenvalue weighted by atomic mass is 16.5. The summed E-state index contributed by atoms with van der Waals surface area (Å²) in [7, 11) is 1.61. The van der Waals surface area contributed by atoms with Gasteiger partial charge in [-0.05, 0) is 43.5 Å². The van der Waals surface area contributed by atoms with Crippen molar-refractivity contribution in [2.45, 2.75) is 38.0 Å². The number of carbonyl (C=O) groups is 1. The second-order valence-corrected chi connectivity index (χ2v) is 6.32. The van der Waals surface area contributed by atoms with Gasteiger partial charge in [-0.3, -0.25) is 9.48 Å². The second kappa shape index (κ2) is 6.65. The quantitative estimate of drug-likeness (QED) is 0.908. The minimum atomic E-state index is -1.11. The maximum Gasteiger partial charge on any atom is 0.244 e. The average molecular weight is 329 g/mol. The Balaban J connectivity index is 1.78. The van der Waals surface area contributed by atoms with Crippen LogP contribution in [-0.4, -0.2) is 45.4 Å². The second-order valence-electron chi connectivity index (χ2n) is 6.32. The fraction of sp³-hybridized carbons (Fsp3) is 0.444. The van der Waals surface area contributed by atoms with Crippen molar-refractivity contribution >= 4 is 5.91 Å². The smallest absolute Gasteiger partial charge is 0.244 e. The lowest BCUT2D eigenvalue weighted by molar-refractivity contribution is -0.138. The summed E-state index contributed by atoms with van der Waals surface area (Å²) >= 11 is 0. The Morgan fingerprint density at radius 2 is 2.17 bits per heavy atom. The molecule has 6 heteroatoms. The minimum Gasteiger partial charge on any atom is -0.497 e. The molecule has 1 aromatic carbocycles. The van der Waals surface area contributed by atoms with Crippen LogP contribution in [-0.2, 0) is 16.9 Å². The van der Waals surface area contributed by atoms with Crippen molar-refractivity contribution in [3.8, 4) is 5.75 Å². The van der Waals surface area contributed by atoms with Gasteiger partial charge < -0.3 is 14.7 Å².